The van der Waals surface area contributed by atoms with Crippen molar-refractivity contribution in [2.45, 2.75) is 52.9 Å². The monoisotopic (exact) mass is 196 g/mol. The quantitative estimate of drug-likeness (QED) is 0.724. The molecule has 0 spiro atoms. The molecule has 0 N–H and O–H groups in total. The molecular formula is C11H20N2O. The van der Waals surface area contributed by atoms with E-state index in [2.05, 4.69) is 32.8 Å². The maximum absolute atomic E-state index is 5.59. The summed E-state index contributed by atoms with van der Waals surface area (Å²) >= 11 is 0. The number of hydrogen-bond acceptors (Lipinski definition) is 2. The molecule has 0 radical (unpaired) electrons. The number of nitrogens with zero attached hydrogens (tertiary/aromatic N) is 2. The van der Waals surface area contributed by atoms with Crippen LogP contribution in [0.25, 0.3) is 0 Å². The number of aromatic nitrogens is 2. The zero-order valence-corrected chi connectivity index (χ0v) is 9.53. The van der Waals surface area contributed by atoms with E-state index < -0.39 is 0 Å². The summed E-state index contributed by atoms with van der Waals surface area (Å²) in [4.78, 5) is 0. The lowest BCUT2D eigenvalue weighted by Gasteiger charge is -2.08. The van der Waals surface area contributed by atoms with Crippen molar-refractivity contribution in [3.8, 4) is 0 Å². The Morgan fingerprint density at radius 3 is 2.64 bits per heavy atom. The van der Waals surface area contributed by atoms with Crippen molar-refractivity contribution in [2.24, 2.45) is 0 Å². The van der Waals surface area contributed by atoms with Crippen molar-refractivity contribution < 1.29 is 4.74 Å². The van der Waals surface area contributed by atoms with Crippen molar-refractivity contribution in [3.05, 3.63) is 18.0 Å². The molecule has 0 saturated carbocycles. The van der Waals surface area contributed by atoms with Gasteiger partial charge in [-0.2, -0.15) is 5.10 Å². The Kier molecular flexibility index (Phi) is 4.14. The van der Waals surface area contributed by atoms with Gasteiger partial charge in [0.2, 0.25) is 0 Å². The van der Waals surface area contributed by atoms with Gasteiger partial charge in [0.05, 0.1) is 18.4 Å². The molecule has 1 rings (SSSR count). The molecule has 0 aliphatic rings. The van der Waals surface area contributed by atoms with Gasteiger partial charge in [0.25, 0.3) is 0 Å². The zero-order valence-electron chi connectivity index (χ0n) is 9.53. The summed E-state index contributed by atoms with van der Waals surface area (Å²) in [6.07, 6.45) is 3.37. The van der Waals surface area contributed by atoms with Crippen LogP contribution in [0.3, 0.4) is 0 Å². The summed E-state index contributed by atoms with van der Waals surface area (Å²) in [6.45, 7) is 9.06. The van der Waals surface area contributed by atoms with E-state index in [-0.39, 0.29) is 0 Å². The highest BCUT2D eigenvalue weighted by Gasteiger charge is 2.04. The lowest BCUT2D eigenvalue weighted by molar-refractivity contribution is 0.0485. The maximum Gasteiger partial charge on any atom is 0.0910 e. The van der Waals surface area contributed by atoms with E-state index in [1.165, 1.54) is 0 Å². The largest absolute Gasteiger partial charge is 0.372 e. The van der Waals surface area contributed by atoms with Crippen molar-refractivity contribution in [1.82, 2.24) is 9.78 Å². The molecule has 1 aromatic rings. The second-order valence-corrected chi connectivity index (χ2v) is 3.91. The Bertz CT molecular complexity index is 268. The Morgan fingerprint density at radius 1 is 1.43 bits per heavy atom. The highest BCUT2D eigenvalue weighted by molar-refractivity contribution is 4.97. The Morgan fingerprint density at radius 2 is 2.14 bits per heavy atom. The number of ether oxygens (including phenoxy) is 1. The SMILES string of the molecule is CCC(C)OCc1ccn(C(C)C)n1. The van der Waals surface area contributed by atoms with E-state index >= 15 is 0 Å². The third kappa shape index (κ3) is 3.14. The summed E-state index contributed by atoms with van der Waals surface area (Å²) in [7, 11) is 0. The molecule has 0 aliphatic carbocycles. The van der Waals surface area contributed by atoms with Crippen molar-refractivity contribution in [2.75, 3.05) is 0 Å². The average molecular weight is 196 g/mol. The van der Waals surface area contributed by atoms with Crippen molar-refractivity contribution in [3.63, 3.8) is 0 Å². The fourth-order valence-electron chi connectivity index (χ4n) is 1.09. The molecule has 1 aromatic heterocycles. The van der Waals surface area contributed by atoms with Crippen molar-refractivity contribution in [1.29, 1.82) is 0 Å². The van der Waals surface area contributed by atoms with Crippen LogP contribution in [-0.4, -0.2) is 15.9 Å². The molecule has 3 heteroatoms. The van der Waals surface area contributed by atoms with Gasteiger partial charge in [-0.3, -0.25) is 4.68 Å². The maximum atomic E-state index is 5.59. The van der Waals surface area contributed by atoms with Gasteiger partial charge in [0.1, 0.15) is 0 Å². The Labute approximate surface area is 86.1 Å². The predicted molar refractivity (Wildman–Crippen MR) is 57.2 cm³/mol. The van der Waals surface area contributed by atoms with E-state index in [0.29, 0.717) is 18.8 Å². The Hall–Kier alpha value is -0.830. The molecule has 14 heavy (non-hydrogen) atoms. The van der Waals surface area contributed by atoms with Gasteiger partial charge >= 0.3 is 0 Å². The van der Waals surface area contributed by atoms with Gasteiger partial charge in [-0.05, 0) is 33.3 Å². The molecular weight excluding hydrogens is 176 g/mol. The van der Waals surface area contributed by atoms with Gasteiger partial charge < -0.3 is 4.74 Å². The van der Waals surface area contributed by atoms with Crippen LogP contribution in [0.4, 0.5) is 0 Å². The molecule has 0 amide bonds. The van der Waals surface area contributed by atoms with E-state index in [0.717, 1.165) is 12.1 Å². The third-order valence-electron chi connectivity index (χ3n) is 2.28. The van der Waals surface area contributed by atoms with Gasteiger partial charge in [0, 0.05) is 12.2 Å². The first-order valence-corrected chi connectivity index (χ1v) is 5.29. The fraction of sp³-hybridized carbons (Fsp3) is 0.727. The second-order valence-electron chi connectivity index (χ2n) is 3.91. The summed E-state index contributed by atoms with van der Waals surface area (Å²) in [6, 6.07) is 2.44. The first-order valence-electron chi connectivity index (χ1n) is 5.29. The standard InChI is InChI=1S/C11H20N2O/c1-5-10(4)14-8-11-6-7-13(12-11)9(2)3/h6-7,9-10H,5,8H2,1-4H3. The van der Waals surface area contributed by atoms with E-state index in [4.69, 9.17) is 4.74 Å². The van der Waals surface area contributed by atoms with Gasteiger partial charge in [0.15, 0.2) is 0 Å². The molecule has 0 aromatic carbocycles. The molecule has 0 fully saturated rings. The predicted octanol–water partition coefficient (Wildman–Crippen LogP) is 2.78. The highest BCUT2D eigenvalue weighted by Crippen LogP contribution is 2.07. The lowest BCUT2D eigenvalue weighted by Crippen LogP contribution is -2.07. The summed E-state index contributed by atoms with van der Waals surface area (Å²) in [5.74, 6) is 0. The third-order valence-corrected chi connectivity index (χ3v) is 2.28. The van der Waals surface area contributed by atoms with Crippen LogP contribution < -0.4 is 0 Å². The summed E-state index contributed by atoms with van der Waals surface area (Å²) in [5.41, 5.74) is 1.01. The van der Waals surface area contributed by atoms with Crippen LogP contribution in [0.1, 0.15) is 45.9 Å². The van der Waals surface area contributed by atoms with E-state index in [1.54, 1.807) is 0 Å². The first kappa shape index (κ1) is 11.2. The normalized spacial score (nSPS) is 13.5. The van der Waals surface area contributed by atoms with E-state index in [1.807, 2.05) is 16.9 Å². The van der Waals surface area contributed by atoms with Gasteiger partial charge in [-0.1, -0.05) is 6.92 Å². The Balaban J connectivity index is 2.44. The molecule has 1 unspecified atom stereocenters. The number of rotatable bonds is 5. The second kappa shape index (κ2) is 5.15. The van der Waals surface area contributed by atoms with Crippen LogP contribution in [0.5, 0.6) is 0 Å². The van der Waals surface area contributed by atoms with Gasteiger partial charge in [-0.25, -0.2) is 0 Å². The topological polar surface area (TPSA) is 27.1 Å². The summed E-state index contributed by atoms with van der Waals surface area (Å²) in [5, 5.41) is 4.41. The minimum Gasteiger partial charge on any atom is -0.372 e. The molecule has 80 valence electrons. The molecule has 3 nitrogen and oxygen atoms in total. The van der Waals surface area contributed by atoms with Gasteiger partial charge in [-0.15, -0.1) is 0 Å². The number of hydrogen-bond donors (Lipinski definition) is 0. The molecule has 0 bridgehead atoms. The zero-order chi connectivity index (χ0) is 10.6. The minimum atomic E-state index is 0.319. The van der Waals surface area contributed by atoms with Crippen LogP contribution in [0, 0.1) is 0 Å². The van der Waals surface area contributed by atoms with Crippen molar-refractivity contribution >= 4 is 0 Å². The smallest absolute Gasteiger partial charge is 0.0910 e. The molecule has 0 saturated heterocycles. The highest BCUT2D eigenvalue weighted by atomic mass is 16.5. The molecule has 0 aliphatic heterocycles. The fourth-order valence-corrected chi connectivity index (χ4v) is 1.09. The van der Waals surface area contributed by atoms with Crippen LogP contribution in [0.2, 0.25) is 0 Å². The summed E-state index contributed by atoms with van der Waals surface area (Å²) < 4.78 is 7.55. The first-order chi connectivity index (χ1) is 6.63. The minimum absolute atomic E-state index is 0.319. The van der Waals surface area contributed by atoms with E-state index in [9.17, 15) is 0 Å². The average Bonchev–Trinajstić information content (AvgIpc) is 2.62. The molecule has 1 heterocycles. The van der Waals surface area contributed by atoms with Crippen LogP contribution in [0.15, 0.2) is 12.3 Å². The van der Waals surface area contributed by atoms with Crippen LogP contribution in [-0.2, 0) is 11.3 Å². The molecule has 1 atom stereocenters. The van der Waals surface area contributed by atoms with Crippen LogP contribution >= 0.6 is 0 Å². The lowest BCUT2D eigenvalue weighted by atomic mass is 10.3.